The maximum absolute atomic E-state index is 12.4. The molecule has 2 amide bonds. The number of nitrogens with zero attached hydrogens (tertiary/aromatic N) is 1. The molecule has 1 aromatic rings. The Kier molecular flexibility index (Phi) is 5.13. The van der Waals surface area contributed by atoms with Gasteiger partial charge in [-0.05, 0) is 23.6 Å². The molecule has 7 heteroatoms. The monoisotopic (exact) mass is 348 g/mol. The van der Waals surface area contributed by atoms with Gasteiger partial charge in [0.1, 0.15) is 0 Å². The molecule has 1 fully saturated rings. The fourth-order valence-corrected chi connectivity index (χ4v) is 3.08. The molecular weight excluding hydrogens is 324 g/mol. The lowest BCUT2D eigenvalue weighted by molar-refractivity contribution is -0.129. The Morgan fingerprint density at radius 1 is 1.36 bits per heavy atom. The van der Waals surface area contributed by atoms with Crippen molar-refractivity contribution in [2.24, 2.45) is 11.8 Å². The summed E-state index contributed by atoms with van der Waals surface area (Å²) in [5, 5.41) is 12.2. The van der Waals surface area contributed by atoms with E-state index < -0.39 is 0 Å². The van der Waals surface area contributed by atoms with Gasteiger partial charge in [-0.25, -0.2) is 0 Å². The van der Waals surface area contributed by atoms with Crippen LogP contribution in [0.5, 0.6) is 11.5 Å². The van der Waals surface area contributed by atoms with Crippen LogP contribution in [0, 0.1) is 11.8 Å². The highest BCUT2D eigenvalue weighted by Gasteiger charge is 2.35. The molecule has 0 aliphatic carbocycles. The van der Waals surface area contributed by atoms with E-state index in [1.807, 2.05) is 32.0 Å². The van der Waals surface area contributed by atoms with Crippen LogP contribution in [0.15, 0.2) is 18.2 Å². The first-order valence-corrected chi connectivity index (χ1v) is 8.55. The van der Waals surface area contributed by atoms with Gasteiger partial charge >= 0.3 is 0 Å². The van der Waals surface area contributed by atoms with Crippen LogP contribution < -0.4 is 14.8 Å². The summed E-state index contributed by atoms with van der Waals surface area (Å²) in [4.78, 5) is 26.3. The van der Waals surface area contributed by atoms with E-state index in [4.69, 9.17) is 9.47 Å². The minimum absolute atomic E-state index is 0.0390. The highest BCUT2D eigenvalue weighted by atomic mass is 16.7. The van der Waals surface area contributed by atoms with Gasteiger partial charge in [0.05, 0.1) is 18.6 Å². The third-order valence-electron chi connectivity index (χ3n) is 4.72. The van der Waals surface area contributed by atoms with Crippen LogP contribution in [0.4, 0.5) is 0 Å². The first kappa shape index (κ1) is 17.5. The van der Waals surface area contributed by atoms with E-state index in [2.05, 4.69) is 5.32 Å². The van der Waals surface area contributed by atoms with Crippen LogP contribution in [0.2, 0.25) is 0 Å². The Balaban J connectivity index is 1.59. The molecule has 1 saturated heterocycles. The second kappa shape index (κ2) is 7.31. The zero-order chi connectivity index (χ0) is 18.0. The smallest absolute Gasteiger partial charge is 0.231 e. The van der Waals surface area contributed by atoms with Crippen LogP contribution in [-0.4, -0.2) is 47.8 Å². The highest BCUT2D eigenvalue weighted by Crippen LogP contribution is 2.33. The predicted octanol–water partition coefficient (Wildman–Crippen LogP) is 0.897. The molecular formula is C18H24N2O5. The molecule has 0 radical (unpaired) electrons. The normalized spacial score (nSPS) is 20.2. The van der Waals surface area contributed by atoms with Gasteiger partial charge in [0.15, 0.2) is 11.5 Å². The molecule has 2 N–H and O–H groups in total. The summed E-state index contributed by atoms with van der Waals surface area (Å²) in [6.45, 7) is 4.80. The Morgan fingerprint density at radius 3 is 2.84 bits per heavy atom. The number of nitrogens with one attached hydrogen (secondary N) is 1. The standard InChI is InChI=1S/C18H24N2O5/c1-11(2)14(9-21)19-18(23)13-6-17(22)20(8-13)7-12-3-4-15-16(5-12)25-10-24-15/h3-5,11,13-14,21H,6-10H2,1-2H3,(H,19,23)/t13-,14+/m1/s1. The van der Waals surface area contributed by atoms with E-state index in [0.717, 1.165) is 5.56 Å². The number of likely N-dealkylation sites (tertiary alicyclic amines) is 1. The van der Waals surface area contributed by atoms with E-state index in [9.17, 15) is 14.7 Å². The van der Waals surface area contributed by atoms with Crippen LogP contribution in [0.3, 0.4) is 0 Å². The fourth-order valence-electron chi connectivity index (χ4n) is 3.08. The summed E-state index contributed by atoms with van der Waals surface area (Å²) in [5.41, 5.74) is 0.939. The van der Waals surface area contributed by atoms with Crippen molar-refractivity contribution < 1.29 is 24.2 Å². The molecule has 0 aromatic heterocycles. The minimum atomic E-state index is -0.380. The molecule has 1 aromatic carbocycles. The molecule has 3 rings (SSSR count). The molecule has 25 heavy (non-hydrogen) atoms. The first-order valence-electron chi connectivity index (χ1n) is 8.55. The number of amides is 2. The summed E-state index contributed by atoms with van der Waals surface area (Å²) in [6, 6.07) is 5.31. The van der Waals surface area contributed by atoms with Gasteiger partial charge in [0, 0.05) is 19.5 Å². The molecule has 0 bridgehead atoms. The van der Waals surface area contributed by atoms with Crippen molar-refractivity contribution in [3.8, 4) is 11.5 Å². The summed E-state index contributed by atoms with van der Waals surface area (Å²) in [5.74, 6) is 0.931. The van der Waals surface area contributed by atoms with Crippen LogP contribution >= 0.6 is 0 Å². The molecule has 2 aliphatic rings. The van der Waals surface area contributed by atoms with Crippen molar-refractivity contribution >= 4 is 11.8 Å². The summed E-state index contributed by atoms with van der Waals surface area (Å²) < 4.78 is 10.6. The number of hydrogen-bond acceptors (Lipinski definition) is 5. The predicted molar refractivity (Wildman–Crippen MR) is 89.9 cm³/mol. The van der Waals surface area contributed by atoms with Gasteiger partial charge in [-0.1, -0.05) is 19.9 Å². The SMILES string of the molecule is CC(C)[C@H](CO)NC(=O)[C@@H]1CC(=O)N(Cc2ccc3c(c2)OCO3)C1. The lowest BCUT2D eigenvalue weighted by atomic mass is 10.0. The van der Waals surface area contributed by atoms with E-state index in [1.54, 1.807) is 4.90 Å². The highest BCUT2D eigenvalue weighted by molar-refractivity contribution is 5.89. The summed E-state index contributed by atoms with van der Waals surface area (Å²) in [7, 11) is 0. The minimum Gasteiger partial charge on any atom is -0.454 e. The number of hydrogen-bond donors (Lipinski definition) is 2. The number of rotatable bonds is 6. The summed E-state index contributed by atoms with van der Waals surface area (Å²) in [6.07, 6.45) is 0.201. The van der Waals surface area contributed by atoms with Crippen LogP contribution in [-0.2, 0) is 16.1 Å². The van der Waals surface area contributed by atoms with Crippen molar-refractivity contribution in [1.82, 2.24) is 10.2 Å². The van der Waals surface area contributed by atoms with Crippen molar-refractivity contribution in [2.45, 2.75) is 32.9 Å². The maximum Gasteiger partial charge on any atom is 0.231 e. The van der Waals surface area contributed by atoms with E-state index in [0.29, 0.717) is 24.6 Å². The lowest BCUT2D eigenvalue weighted by Gasteiger charge is -2.22. The number of fused-ring (bicyclic) bond motifs is 1. The average Bonchev–Trinajstić information content (AvgIpc) is 3.18. The second-order valence-electron chi connectivity index (χ2n) is 6.90. The Bertz CT molecular complexity index is 661. The largest absolute Gasteiger partial charge is 0.454 e. The number of benzene rings is 1. The molecule has 136 valence electrons. The van der Waals surface area contributed by atoms with Gasteiger partial charge < -0.3 is 24.8 Å². The van der Waals surface area contributed by atoms with E-state index in [-0.39, 0.29) is 49.5 Å². The number of ether oxygens (including phenoxy) is 2. The van der Waals surface area contributed by atoms with Crippen molar-refractivity contribution in [1.29, 1.82) is 0 Å². The zero-order valence-electron chi connectivity index (χ0n) is 14.5. The number of aliphatic hydroxyl groups is 1. The van der Waals surface area contributed by atoms with Crippen molar-refractivity contribution in [3.63, 3.8) is 0 Å². The molecule has 0 spiro atoms. The third kappa shape index (κ3) is 3.87. The molecule has 2 heterocycles. The number of aliphatic hydroxyl groups excluding tert-OH is 1. The lowest BCUT2D eigenvalue weighted by Crippen LogP contribution is -2.44. The van der Waals surface area contributed by atoms with Gasteiger partial charge in [0.25, 0.3) is 0 Å². The number of carbonyl (C=O) groups excluding carboxylic acids is 2. The molecule has 0 unspecified atom stereocenters. The first-order chi connectivity index (χ1) is 12.0. The fraction of sp³-hybridized carbons (Fsp3) is 0.556. The van der Waals surface area contributed by atoms with Gasteiger partial charge in [0.2, 0.25) is 18.6 Å². The van der Waals surface area contributed by atoms with Crippen molar-refractivity contribution in [3.05, 3.63) is 23.8 Å². The number of carbonyl (C=O) groups is 2. The van der Waals surface area contributed by atoms with E-state index in [1.165, 1.54) is 0 Å². The third-order valence-corrected chi connectivity index (χ3v) is 4.72. The quantitative estimate of drug-likeness (QED) is 0.797. The van der Waals surface area contributed by atoms with Gasteiger partial charge in [-0.3, -0.25) is 9.59 Å². The Morgan fingerprint density at radius 2 is 2.12 bits per heavy atom. The molecule has 0 saturated carbocycles. The Hall–Kier alpha value is -2.28. The zero-order valence-corrected chi connectivity index (χ0v) is 14.5. The van der Waals surface area contributed by atoms with E-state index >= 15 is 0 Å². The molecule has 2 atom stereocenters. The van der Waals surface area contributed by atoms with Gasteiger partial charge in [-0.2, -0.15) is 0 Å². The van der Waals surface area contributed by atoms with Crippen LogP contribution in [0.1, 0.15) is 25.8 Å². The maximum atomic E-state index is 12.4. The molecule has 7 nitrogen and oxygen atoms in total. The van der Waals surface area contributed by atoms with Crippen LogP contribution in [0.25, 0.3) is 0 Å². The average molecular weight is 348 g/mol. The topological polar surface area (TPSA) is 88.1 Å². The molecule has 2 aliphatic heterocycles. The summed E-state index contributed by atoms with van der Waals surface area (Å²) >= 11 is 0. The second-order valence-corrected chi connectivity index (χ2v) is 6.90. The van der Waals surface area contributed by atoms with Gasteiger partial charge in [-0.15, -0.1) is 0 Å². The Labute approximate surface area is 146 Å². The van der Waals surface area contributed by atoms with Crippen molar-refractivity contribution in [2.75, 3.05) is 19.9 Å².